The number of thioether (sulfide) groups is 1. The molecule has 1 rings (SSSR count). The molecule has 0 bridgehead atoms. The van der Waals surface area contributed by atoms with Crippen LogP contribution < -0.4 is 0 Å². The standard InChI is InChI=1S/C14H24SSi/c1-16(2,3)13-7-11-15-12-10-14-8-5-4-6-9-14/h4-6,8-9H,7,10-13H2,1-3H3. The molecule has 0 radical (unpaired) electrons. The van der Waals surface area contributed by atoms with Gasteiger partial charge in [0.1, 0.15) is 0 Å². The topological polar surface area (TPSA) is 0 Å². The van der Waals surface area contributed by atoms with Gasteiger partial charge in [-0.2, -0.15) is 11.8 Å². The zero-order chi connectivity index (χ0) is 11.9. The smallest absolute Gasteiger partial charge is 0.0442 e. The van der Waals surface area contributed by atoms with Crippen LogP contribution in [0.15, 0.2) is 30.3 Å². The van der Waals surface area contributed by atoms with Gasteiger partial charge in [0, 0.05) is 8.07 Å². The Bertz CT molecular complexity index is 277. The van der Waals surface area contributed by atoms with Crippen LogP contribution in [0, 0.1) is 0 Å². The van der Waals surface area contributed by atoms with Gasteiger partial charge in [-0.3, -0.25) is 0 Å². The van der Waals surface area contributed by atoms with Crippen LogP contribution in [0.5, 0.6) is 0 Å². The normalized spacial score (nSPS) is 11.7. The predicted molar refractivity (Wildman–Crippen MR) is 80.2 cm³/mol. The highest BCUT2D eigenvalue weighted by atomic mass is 32.2. The molecule has 0 aliphatic heterocycles. The van der Waals surface area contributed by atoms with Crippen LogP contribution in [0.1, 0.15) is 12.0 Å². The van der Waals surface area contributed by atoms with Crippen LogP contribution in [0.2, 0.25) is 25.7 Å². The summed E-state index contributed by atoms with van der Waals surface area (Å²) < 4.78 is 0. The molecule has 0 aliphatic rings. The summed E-state index contributed by atoms with van der Waals surface area (Å²) in [5, 5.41) is 0. The molecule has 0 fully saturated rings. The second kappa shape index (κ2) is 7.18. The fraction of sp³-hybridized carbons (Fsp3) is 0.571. The van der Waals surface area contributed by atoms with Gasteiger partial charge in [0.25, 0.3) is 0 Å². The first-order valence-corrected chi connectivity index (χ1v) is 11.1. The minimum atomic E-state index is -0.795. The highest BCUT2D eigenvalue weighted by Crippen LogP contribution is 2.15. The fourth-order valence-electron chi connectivity index (χ4n) is 1.64. The molecule has 2 heteroatoms. The van der Waals surface area contributed by atoms with E-state index in [-0.39, 0.29) is 0 Å². The van der Waals surface area contributed by atoms with E-state index in [0.29, 0.717) is 0 Å². The Morgan fingerprint density at radius 3 is 2.31 bits per heavy atom. The van der Waals surface area contributed by atoms with Gasteiger partial charge in [0.15, 0.2) is 0 Å². The third kappa shape index (κ3) is 7.13. The fourth-order valence-corrected chi connectivity index (χ4v) is 4.07. The maximum atomic E-state index is 2.46. The summed E-state index contributed by atoms with van der Waals surface area (Å²) in [7, 11) is -0.795. The number of rotatable bonds is 7. The summed E-state index contributed by atoms with van der Waals surface area (Å²) in [6.07, 6.45) is 2.63. The van der Waals surface area contributed by atoms with Crippen molar-refractivity contribution >= 4 is 19.8 Å². The van der Waals surface area contributed by atoms with E-state index in [1.165, 1.54) is 36.0 Å². The Balaban J connectivity index is 2.01. The Labute approximate surface area is 106 Å². The Hall–Kier alpha value is -0.213. The minimum Gasteiger partial charge on any atom is -0.162 e. The zero-order valence-corrected chi connectivity index (χ0v) is 12.6. The third-order valence-electron chi connectivity index (χ3n) is 2.59. The first-order chi connectivity index (χ1) is 7.58. The van der Waals surface area contributed by atoms with Gasteiger partial charge in [-0.15, -0.1) is 0 Å². The monoisotopic (exact) mass is 252 g/mol. The molecule has 0 N–H and O–H groups in total. The van der Waals surface area contributed by atoms with Gasteiger partial charge in [0.05, 0.1) is 0 Å². The van der Waals surface area contributed by atoms with E-state index in [1.54, 1.807) is 0 Å². The summed E-state index contributed by atoms with van der Waals surface area (Å²) in [6.45, 7) is 7.38. The predicted octanol–water partition coefficient (Wildman–Crippen LogP) is 4.69. The quantitative estimate of drug-likeness (QED) is 0.501. The van der Waals surface area contributed by atoms with E-state index in [9.17, 15) is 0 Å². The SMILES string of the molecule is C[Si](C)(C)CCCSCCc1ccccc1. The lowest BCUT2D eigenvalue weighted by Crippen LogP contribution is -2.18. The molecule has 0 atom stereocenters. The molecular formula is C14H24SSi. The molecule has 0 aromatic heterocycles. The molecule has 0 spiro atoms. The molecule has 16 heavy (non-hydrogen) atoms. The maximum Gasteiger partial charge on any atom is 0.0442 e. The van der Waals surface area contributed by atoms with Crippen LogP contribution in [-0.4, -0.2) is 19.6 Å². The number of hydrogen-bond acceptors (Lipinski definition) is 1. The lowest BCUT2D eigenvalue weighted by Gasteiger charge is -2.14. The van der Waals surface area contributed by atoms with Gasteiger partial charge in [-0.05, 0) is 29.9 Å². The first-order valence-electron chi connectivity index (χ1n) is 6.20. The minimum absolute atomic E-state index is 0.795. The average molecular weight is 252 g/mol. The molecule has 0 saturated heterocycles. The van der Waals surface area contributed by atoms with Crippen LogP contribution >= 0.6 is 11.8 Å². The molecule has 0 amide bonds. The maximum absolute atomic E-state index is 2.46. The van der Waals surface area contributed by atoms with Crippen LogP contribution in [0.4, 0.5) is 0 Å². The van der Waals surface area contributed by atoms with Gasteiger partial charge in [-0.1, -0.05) is 56.0 Å². The second-order valence-corrected chi connectivity index (χ2v) is 12.4. The molecule has 0 unspecified atom stereocenters. The Morgan fingerprint density at radius 1 is 1.00 bits per heavy atom. The molecule has 1 aromatic rings. The van der Waals surface area contributed by atoms with E-state index >= 15 is 0 Å². The number of hydrogen-bond donors (Lipinski definition) is 0. The van der Waals surface area contributed by atoms with Crippen LogP contribution in [0.3, 0.4) is 0 Å². The molecule has 0 aliphatic carbocycles. The van der Waals surface area contributed by atoms with Crippen molar-refractivity contribution in [2.24, 2.45) is 0 Å². The van der Waals surface area contributed by atoms with Crippen LogP contribution in [-0.2, 0) is 6.42 Å². The van der Waals surface area contributed by atoms with E-state index < -0.39 is 8.07 Å². The molecule has 90 valence electrons. The summed E-state index contributed by atoms with van der Waals surface area (Å²) in [4.78, 5) is 0. The zero-order valence-electron chi connectivity index (χ0n) is 10.8. The Kier molecular flexibility index (Phi) is 6.21. The van der Waals surface area contributed by atoms with E-state index in [4.69, 9.17) is 0 Å². The van der Waals surface area contributed by atoms with Crippen molar-refractivity contribution in [3.05, 3.63) is 35.9 Å². The van der Waals surface area contributed by atoms with Crippen molar-refractivity contribution in [2.45, 2.75) is 38.5 Å². The van der Waals surface area contributed by atoms with Gasteiger partial charge >= 0.3 is 0 Å². The Morgan fingerprint density at radius 2 is 1.69 bits per heavy atom. The molecular weight excluding hydrogens is 228 g/mol. The molecule has 0 nitrogen and oxygen atoms in total. The number of aryl methyl sites for hydroxylation is 1. The van der Waals surface area contributed by atoms with Crippen LogP contribution in [0.25, 0.3) is 0 Å². The van der Waals surface area contributed by atoms with Crippen molar-refractivity contribution in [1.82, 2.24) is 0 Å². The van der Waals surface area contributed by atoms with E-state index in [1.807, 2.05) is 0 Å². The highest BCUT2D eigenvalue weighted by molar-refractivity contribution is 7.99. The lowest BCUT2D eigenvalue weighted by molar-refractivity contribution is 1.06. The van der Waals surface area contributed by atoms with Gasteiger partial charge in [-0.25, -0.2) is 0 Å². The van der Waals surface area contributed by atoms with Gasteiger partial charge < -0.3 is 0 Å². The summed E-state index contributed by atoms with van der Waals surface area (Å²) in [5.41, 5.74) is 1.47. The largest absolute Gasteiger partial charge is 0.162 e. The first kappa shape index (κ1) is 13.9. The highest BCUT2D eigenvalue weighted by Gasteiger charge is 2.11. The average Bonchev–Trinajstić information content (AvgIpc) is 2.23. The number of benzene rings is 1. The van der Waals surface area contributed by atoms with Crippen molar-refractivity contribution in [2.75, 3.05) is 11.5 Å². The van der Waals surface area contributed by atoms with Crippen molar-refractivity contribution in [3.63, 3.8) is 0 Å². The molecule has 1 aromatic carbocycles. The third-order valence-corrected chi connectivity index (χ3v) is 5.52. The van der Waals surface area contributed by atoms with Gasteiger partial charge in [0.2, 0.25) is 0 Å². The van der Waals surface area contributed by atoms with E-state index in [2.05, 4.69) is 61.7 Å². The lowest BCUT2D eigenvalue weighted by atomic mass is 10.2. The second-order valence-electron chi connectivity index (χ2n) is 5.51. The molecule has 0 heterocycles. The van der Waals surface area contributed by atoms with Crippen molar-refractivity contribution < 1.29 is 0 Å². The molecule has 0 saturated carbocycles. The summed E-state index contributed by atoms with van der Waals surface area (Å²) in [6, 6.07) is 12.3. The van der Waals surface area contributed by atoms with Crippen molar-refractivity contribution in [1.29, 1.82) is 0 Å². The van der Waals surface area contributed by atoms with Crippen molar-refractivity contribution in [3.8, 4) is 0 Å². The van der Waals surface area contributed by atoms with E-state index in [0.717, 1.165) is 0 Å². The summed E-state index contributed by atoms with van der Waals surface area (Å²) in [5.74, 6) is 2.62. The summed E-state index contributed by atoms with van der Waals surface area (Å²) >= 11 is 2.11.